The average molecular weight is 387 g/mol. The molecule has 2 aromatic carbocycles. The highest BCUT2D eigenvalue weighted by molar-refractivity contribution is 6.30. The van der Waals surface area contributed by atoms with Gasteiger partial charge in [-0.2, -0.15) is 0 Å². The SMILES string of the molecule is O=C(CCc1ccccc1)N1CCN(C(=O)COc2ccc(Cl)cc2)CC1. The third-order valence-corrected chi connectivity index (χ3v) is 4.88. The first-order chi connectivity index (χ1) is 13.1. The Kier molecular flexibility index (Phi) is 6.71. The molecule has 0 N–H and O–H groups in total. The van der Waals surface area contributed by atoms with Crippen LogP contribution in [0.3, 0.4) is 0 Å². The van der Waals surface area contributed by atoms with Gasteiger partial charge in [0.25, 0.3) is 5.91 Å². The normalized spacial score (nSPS) is 14.1. The molecule has 0 aliphatic carbocycles. The zero-order valence-corrected chi connectivity index (χ0v) is 15.9. The average Bonchev–Trinajstić information content (AvgIpc) is 2.72. The summed E-state index contributed by atoms with van der Waals surface area (Å²) in [6.07, 6.45) is 1.24. The van der Waals surface area contributed by atoms with E-state index in [0.29, 0.717) is 43.4 Å². The fraction of sp³-hybridized carbons (Fsp3) is 0.333. The monoisotopic (exact) mass is 386 g/mol. The maximum Gasteiger partial charge on any atom is 0.260 e. The lowest BCUT2D eigenvalue weighted by Gasteiger charge is -2.34. The number of rotatable bonds is 6. The van der Waals surface area contributed by atoms with Gasteiger partial charge in [-0.1, -0.05) is 41.9 Å². The van der Waals surface area contributed by atoms with Crippen molar-refractivity contribution in [1.82, 2.24) is 9.80 Å². The highest BCUT2D eigenvalue weighted by Crippen LogP contribution is 2.15. The molecule has 142 valence electrons. The first-order valence-corrected chi connectivity index (χ1v) is 9.47. The van der Waals surface area contributed by atoms with Crippen molar-refractivity contribution >= 4 is 23.4 Å². The number of piperazine rings is 1. The lowest BCUT2D eigenvalue weighted by Crippen LogP contribution is -2.51. The van der Waals surface area contributed by atoms with Gasteiger partial charge in [0.2, 0.25) is 5.91 Å². The van der Waals surface area contributed by atoms with Crippen LogP contribution in [0, 0.1) is 0 Å². The number of amides is 2. The van der Waals surface area contributed by atoms with E-state index < -0.39 is 0 Å². The smallest absolute Gasteiger partial charge is 0.260 e. The Morgan fingerprint density at radius 2 is 1.44 bits per heavy atom. The lowest BCUT2D eigenvalue weighted by atomic mass is 10.1. The molecule has 0 unspecified atom stereocenters. The molecule has 1 heterocycles. The summed E-state index contributed by atoms with van der Waals surface area (Å²) < 4.78 is 5.51. The number of aryl methyl sites for hydroxylation is 1. The topological polar surface area (TPSA) is 49.9 Å². The Hall–Kier alpha value is -2.53. The number of hydrogen-bond donors (Lipinski definition) is 0. The molecule has 1 aliphatic heterocycles. The number of nitrogens with zero attached hydrogens (tertiary/aromatic N) is 2. The van der Waals surface area contributed by atoms with Crippen LogP contribution >= 0.6 is 11.6 Å². The van der Waals surface area contributed by atoms with Crippen LogP contribution in [0.5, 0.6) is 5.75 Å². The van der Waals surface area contributed by atoms with Crippen molar-refractivity contribution < 1.29 is 14.3 Å². The summed E-state index contributed by atoms with van der Waals surface area (Å²) in [6.45, 7) is 2.21. The summed E-state index contributed by atoms with van der Waals surface area (Å²) in [5, 5.41) is 0.627. The molecule has 2 amide bonds. The molecule has 27 heavy (non-hydrogen) atoms. The largest absolute Gasteiger partial charge is 0.484 e. The zero-order valence-electron chi connectivity index (χ0n) is 15.1. The van der Waals surface area contributed by atoms with E-state index in [0.717, 1.165) is 6.42 Å². The van der Waals surface area contributed by atoms with E-state index in [-0.39, 0.29) is 18.4 Å². The minimum absolute atomic E-state index is 0.0103. The first-order valence-electron chi connectivity index (χ1n) is 9.09. The Balaban J connectivity index is 1.39. The molecular formula is C21H23ClN2O3. The van der Waals surface area contributed by atoms with Gasteiger partial charge in [0, 0.05) is 37.6 Å². The molecule has 1 saturated heterocycles. The maximum atomic E-state index is 12.4. The van der Waals surface area contributed by atoms with Gasteiger partial charge < -0.3 is 14.5 Å². The van der Waals surface area contributed by atoms with Crippen molar-refractivity contribution in [2.75, 3.05) is 32.8 Å². The van der Waals surface area contributed by atoms with Gasteiger partial charge in [-0.15, -0.1) is 0 Å². The highest BCUT2D eigenvalue weighted by Gasteiger charge is 2.24. The van der Waals surface area contributed by atoms with Gasteiger partial charge in [-0.3, -0.25) is 9.59 Å². The van der Waals surface area contributed by atoms with Crippen LogP contribution in [0.15, 0.2) is 54.6 Å². The third kappa shape index (κ3) is 5.73. The molecule has 0 spiro atoms. The summed E-state index contributed by atoms with van der Waals surface area (Å²) >= 11 is 5.83. The van der Waals surface area contributed by atoms with Crippen LogP contribution in [0.4, 0.5) is 0 Å². The van der Waals surface area contributed by atoms with Crippen molar-refractivity contribution in [1.29, 1.82) is 0 Å². The molecule has 0 atom stereocenters. The second kappa shape index (κ2) is 9.42. The van der Waals surface area contributed by atoms with Crippen molar-refractivity contribution in [2.24, 2.45) is 0 Å². The minimum Gasteiger partial charge on any atom is -0.484 e. The molecule has 0 radical (unpaired) electrons. The second-order valence-electron chi connectivity index (χ2n) is 6.49. The molecule has 6 heteroatoms. The maximum absolute atomic E-state index is 12.4. The van der Waals surface area contributed by atoms with E-state index in [1.807, 2.05) is 35.2 Å². The van der Waals surface area contributed by atoms with E-state index in [9.17, 15) is 9.59 Å². The molecular weight excluding hydrogens is 364 g/mol. The Morgan fingerprint density at radius 1 is 0.852 bits per heavy atom. The predicted octanol–water partition coefficient (Wildman–Crippen LogP) is 3.02. The molecule has 1 fully saturated rings. The van der Waals surface area contributed by atoms with Crippen molar-refractivity contribution in [3.63, 3.8) is 0 Å². The third-order valence-electron chi connectivity index (χ3n) is 4.63. The summed E-state index contributed by atoms with van der Waals surface area (Å²) in [5.41, 5.74) is 1.17. The molecule has 0 bridgehead atoms. The van der Waals surface area contributed by atoms with Crippen LogP contribution < -0.4 is 4.74 Å². The second-order valence-corrected chi connectivity index (χ2v) is 6.93. The summed E-state index contributed by atoms with van der Waals surface area (Å²) in [7, 11) is 0. The van der Waals surface area contributed by atoms with E-state index >= 15 is 0 Å². The molecule has 3 rings (SSSR count). The van der Waals surface area contributed by atoms with Gasteiger partial charge in [-0.25, -0.2) is 0 Å². The van der Waals surface area contributed by atoms with Crippen LogP contribution in [0.25, 0.3) is 0 Å². The molecule has 0 aromatic heterocycles. The van der Waals surface area contributed by atoms with Gasteiger partial charge in [-0.05, 0) is 36.2 Å². The van der Waals surface area contributed by atoms with Gasteiger partial charge in [0.15, 0.2) is 6.61 Å². The van der Waals surface area contributed by atoms with Crippen molar-refractivity contribution in [3.05, 3.63) is 65.2 Å². The molecule has 0 saturated carbocycles. The standard InChI is InChI=1S/C21H23ClN2O3/c22-18-7-9-19(10-8-18)27-16-21(26)24-14-12-23(13-15-24)20(25)11-6-17-4-2-1-3-5-17/h1-5,7-10H,6,11-16H2. The van der Waals surface area contributed by atoms with Gasteiger partial charge in [0.1, 0.15) is 5.75 Å². The highest BCUT2D eigenvalue weighted by atomic mass is 35.5. The van der Waals surface area contributed by atoms with E-state index in [1.165, 1.54) is 5.56 Å². The van der Waals surface area contributed by atoms with Gasteiger partial charge >= 0.3 is 0 Å². The molecule has 1 aliphatic rings. The number of ether oxygens (including phenoxy) is 1. The Morgan fingerprint density at radius 3 is 2.07 bits per heavy atom. The fourth-order valence-corrected chi connectivity index (χ4v) is 3.15. The van der Waals surface area contributed by atoms with Gasteiger partial charge in [0.05, 0.1) is 0 Å². The Bertz CT molecular complexity index is 757. The minimum atomic E-state index is -0.0682. The van der Waals surface area contributed by atoms with E-state index in [2.05, 4.69) is 0 Å². The lowest BCUT2D eigenvalue weighted by molar-refractivity contribution is -0.140. The summed E-state index contributed by atoms with van der Waals surface area (Å²) in [4.78, 5) is 28.3. The first kappa shape index (κ1) is 19.2. The summed E-state index contributed by atoms with van der Waals surface area (Å²) in [6, 6.07) is 16.9. The van der Waals surface area contributed by atoms with E-state index in [4.69, 9.17) is 16.3 Å². The number of hydrogen-bond acceptors (Lipinski definition) is 3. The molecule has 5 nitrogen and oxygen atoms in total. The number of carbonyl (C=O) groups excluding carboxylic acids is 2. The predicted molar refractivity (Wildman–Crippen MR) is 105 cm³/mol. The Labute approximate surface area is 164 Å². The van der Waals surface area contributed by atoms with Crippen LogP contribution in [0.1, 0.15) is 12.0 Å². The van der Waals surface area contributed by atoms with Crippen LogP contribution in [-0.4, -0.2) is 54.4 Å². The number of benzene rings is 2. The fourth-order valence-electron chi connectivity index (χ4n) is 3.03. The van der Waals surface area contributed by atoms with Crippen LogP contribution in [0.2, 0.25) is 5.02 Å². The number of halogens is 1. The van der Waals surface area contributed by atoms with Crippen LogP contribution in [-0.2, 0) is 16.0 Å². The quantitative estimate of drug-likeness (QED) is 0.766. The zero-order chi connectivity index (χ0) is 19.1. The number of carbonyl (C=O) groups is 2. The summed E-state index contributed by atoms with van der Waals surface area (Å²) in [5.74, 6) is 0.687. The van der Waals surface area contributed by atoms with E-state index in [1.54, 1.807) is 29.2 Å². The van der Waals surface area contributed by atoms with Crippen molar-refractivity contribution in [2.45, 2.75) is 12.8 Å². The van der Waals surface area contributed by atoms with Crippen molar-refractivity contribution in [3.8, 4) is 5.75 Å². The molecule has 2 aromatic rings.